The molecule has 10 heteroatoms. The van der Waals surface area contributed by atoms with Crippen LogP contribution in [0.5, 0.6) is 0 Å². The van der Waals surface area contributed by atoms with Crippen LogP contribution >= 0.6 is 0 Å². The maximum Gasteiger partial charge on any atom is 0.263 e. The summed E-state index contributed by atoms with van der Waals surface area (Å²) in [6, 6.07) is 11.8. The minimum atomic E-state index is -4.14. The number of H-pyrrole nitrogens is 1. The highest BCUT2D eigenvalue weighted by atomic mass is 32.2. The van der Waals surface area contributed by atoms with Crippen molar-refractivity contribution >= 4 is 36.5 Å². The van der Waals surface area contributed by atoms with E-state index in [1.54, 1.807) is 6.07 Å². The Morgan fingerprint density at radius 1 is 1.08 bits per heavy atom. The second kappa shape index (κ2) is 5.87. The Morgan fingerprint density at radius 3 is 2.40 bits per heavy atom. The van der Waals surface area contributed by atoms with E-state index in [0.717, 1.165) is 6.26 Å². The number of rotatable bonds is 4. The van der Waals surface area contributed by atoms with Crippen LogP contribution in [0.4, 0.5) is 5.69 Å². The second-order valence-corrected chi connectivity index (χ2v) is 8.90. The van der Waals surface area contributed by atoms with Gasteiger partial charge in [-0.3, -0.25) is 9.82 Å². The highest BCUT2D eigenvalue weighted by molar-refractivity contribution is 7.95. The van der Waals surface area contributed by atoms with Gasteiger partial charge in [0.15, 0.2) is 15.5 Å². The number of aromatic nitrogens is 2. The number of fused-ring (bicyclic) bond motifs is 1. The quantitative estimate of drug-likeness (QED) is 0.711. The molecule has 0 amide bonds. The first kappa shape index (κ1) is 16.9. The van der Waals surface area contributed by atoms with Crippen molar-refractivity contribution in [2.75, 3.05) is 11.0 Å². The lowest BCUT2D eigenvalue weighted by Gasteiger charge is -2.11. The van der Waals surface area contributed by atoms with Crippen LogP contribution in [-0.4, -0.2) is 33.3 Å². The standard InChI is InChI=1S/C15H12N4O4S2/c1-24(20,21)14-4-2-3-5-15(14)25(22,23)19-10-6-7-12-11(8-10)13(9-16)18-17-12/h2-8,19H,1H3,(H,17,18). The van der Waals surface area contributed by atoms with Crippen LogP contribution in [0.1, 0.15) is 5.69 Å². The van der Waals surface area contributed by atoms with Crippen LogP contribution in [0, 0.1) is 11.3 Å². The predicted molar refractivity (Wildman–Crippen MR) is 91.2 cm³/mol. The summed E-state index contributed by atoms with van der Waals surface area (Å²) in [4.78, 5) is -0.630. The summed E-state index contributed by atoms with van der Waals surface area (Å²) in [5.41, 5.74) is 0.900. The summed E-state index contributed by atoms with van der Waals surface area (Å²) < 4.78 is 51.3. The molecule has 1 aromatic heterocycles. The first-order chi connectivity index (χ1) is 11.7. The zero-order valence-corrected chi connectivity index (χ0v) is 14.5. The van der Waals surface area contributed by atoms with E-state index >= 15 is 0 Å². The first-order valence-corrected chi connectivity index (χ1v) is 10.3. The van der Waals surface area contributed by atoms with Gasteiger partial charge in [0.25, 0.3) is 10.0 Å². The summed E-state index contributed by atoms with van der Waals surface area (Å²) in [6.07, 6.45) is 0.943. The molecule has 2 N–H and O–H groups in total. The number of hydrogen-bond donors (Lipinski definition) is 2. The Morgan fingerprint density at radius 2 is 1.76 bits per heavy atom. The number of nitriles is 1. The highest BCUT2D eigenvalue weighted by Crippen LogP contribution is 2.25. The van der Waals surface area contributed by atoms with E-state index in [2.05, 4.69) is 14.9 Å². The molecule has 3 aromatic rings. The number of sulfone groups is 1. The molecule has 0 saturated heterocycles. The van der Waals surface area contributed by atoms with E-state index in [0.29, 0.717) is 10.9 Å². The van der Waals surface area contributed by atoms with E-state index < -0.39 is 19.9 Å². The van der Waals surface area contributed by atoms with Crippen molar-refractivity contribution in [3.63, 3.8) is 0 Å². The topological polar surface area (TPSA) is 133 Å². The van der Waals surface area contributed by atoms with Gasteiger partial charge in [-0.1, -0.05) is 12.1 Å². The second-order valence-electron chi connectivity index (χ2n) is 5.27. The van der Waals surface area contributed by atoms with E-state index in [9.17, 15) is 16.8 Å². The molecule has 0 unspecified atom stereocenters. The third kappa shape index (κ3) is 3.19. The Labute approximate surface area is 144 Å². The van der Waals surface area contributed by atoms with Gasteiger partial charge in [0.2, 0.25) is 0 Å². The fourth-order valence-corrected chi connectivity index (χ4v) is 5.03. The lowest BCUT2D eigenvalue weighted by molar-refractivity contribution is 0.588. The largest absolute Gasteiger partial charge is 0.280 e. The van der Waals surface area contributed by atoms with Crippen LogP contribution in [0.15, 0.2) is 52.3 Å². The van der Waals surface area contributed by atoms with Crippen molar-refractivity contribution in [3.8, 4) is 6.07 Å². The monoisotopic (exact) mass is 376 g/mol. The van der Waals surface area contributed by atoms with Crippen LogP contribution in [0.25, 0.3) is 10.9 Å². The van der Waals surface area contributed by atoms with Crippen molar-refractivity contribution < 1.29 is 16.8 Å². The zero-order chi connectivity index (χ0) is 18.2. The Balaban J connectivity index is 2.08. The minimum Gasteiger partial charge on any atom is -0.280 e. The third-order valence-corrected chi connectivity index (χ3v) is 6.18. The van der Waals surface area contributed by atoms with Crippen LogP contribution < -0.4 is 4.72 Å². The molecule has 0 fully saturated rings. The van der Waals surface area contributed by atoms with E-state index in [4.69, 9.17) is 5.26 Å². The van der Waals surface area contributed by atoms with Gasteiger partial charge in [0.1, 0.15) is 11.0 Å². The Hall–Kier alpha value is -2.90. The van der Waals surface area contributed by atoms with Gasteiger partial charge in [-0.05, 0) is 30.3 Å². The average molecular weight is 376 g/mol. The molecule has 25 heavy (non-hydrogen) atoms. The number of anilines is 1. The zero-order valence-electron chi connectivity index (χ0n) is 12.9. The maximum absolute atomic E-state index is 12.6. The van der Waals surface area contributed by atoms with Gasteiger partial charge in [0.05, 0.1) is 10.4 Å². The van der Waals surface area contributed by atoms with Gasteiger partial charge < -0.3 is 0 Å². The molecule has 3 rings (SSSR count). The molecule has 0 saturated carbocycles. The fraction of sp³-hybridized carbons (Fsp3) is 0.0667. The minimum absolute atomic E-state index is 0.132. The number of nitrogens with zero attached hydrogens (tertiary/aromatic N) is 2. The average Bonchev–Trinajstić information content (AvgIpc) is 2.96. The van der Waals surface area contributed by atoms with Gasteiger partial charge in [-0.2, -0.15) is 10.4 Å². The molecule has 0 aliphatic rings. The van der Waals surface area contributed by atoms with Crippen molar-refractivity contribution in [2.24, 2.45) is 0 Å². The normalized spacial score (nSPS) is 12.0. The van der Waals surface area contributed by atoms with Crippen molar-refractivity contribution in [2.45, 2.75) is 9.79 Å². The van der Waals surface area contributed by atoms with Crippen LogP contribution in [0.3, 0.4) is 0 Å². The SMILES string of the molecule is CS(=O)(=O)c1ccccc1S(=O)(=O)Nc1ccc2[nH]nc(C#N)c2c1. The molecule has 0 aliphatic carbocycles. The molecule has 2 aromatic carbocycles. The lowest BCUT2D eigenvalue weighted by atomic mass is 10.2. The molecule has 128 valence electrons. The number of nitrogens with one attached hydrogen (secondary N) is 2. The summed E-state index contributed by atoms with van der Waals surface area (Å²) in [5.74, 6) is 0. The molecular weight excluding hydrogens is 364 g/mol. The Bertz CT molecular complexity index is 1220. The third-order valence-electron chi connectivity index (χ3n) is 3.46. The summed E-state index contributed by atoms with van der Waals surface area (Å²) >= 11 is 0. The molecule has 0 aliphatic heterocycles. The lowest BCUT2D eigenvalue weighted by Crippen LogP contribution is -2.16. The van der Waals surface area contributed by atoms with E-state index in [-0.39, 0.29) is 21.2 Å². The molecule has 0 spiro atoms. The Kier molecular flexibility index (Phi) is 3.98. The predicted octanol–water partition coefficient (Wildman–Crippen LogP) is 1.64. The number of sulfonamides is 1. The van der Waals surface area contributed by atoms with Crippen LogP contribution in [-0.2, 0) is 19.9 Å². The highest BCUT2D eigenvalue weighted by Gasteiger charge is 2.23. The molecule has 1 heterocycles. The fourth-order valence-electron chi connectivity index (χ4n) is 2.35. The number of hydrogen-bond acceptors (Lipinski definition) is 6. The van der Waals surface area contributed by atoms with E-state index in [1.165, 1.54) is 36.4 Å². The van der Waals surface area contributed by atoms with Crippen molar-refractivity contribution in [1.29, 1.82) is 5.26 Å². The van der Waals surface area contributed by atoms with Gasteiger partial charge >= 0.3 is 0 Å². The molecule has 8 nitrogen and oxygen atoms in total. The van der Waals surface area contributed by atoms with Gasteiger partial charge in [-0.15, -0.1) is 0 Å². The smallest absolute Gasteiger partial charge is 0.263 e. The van der Waals surface area contributed by atoms with Crippen LogP contribution in [0.2, 0.25) is 0 Å². The van der Waals surface area contributed by atoms with E-state index in [1.807, 2.05) is 6.07 Å². The first-order valence-electron chi connectivity index (χ1n) is 6.92. The molecule has 0 atom stereocenters. The molecule has 0 bridgehead atoms. The summed E-state index contributed by atoms with van der Waals surface area (Å²) in [5, 5.41) is 15.9. The number of aromatic amines is 1. The van der Waals surface area contributed by atoms with Gasteiger partial charge in [0, 0.05) is 17.3 Å². The summed E-state index contributed by atoms with van der Waals surface area (Å²) in [6.45, 7) is 0. The molecule has 0 radical (unpaired) electrons. The maximum atomic E-state index is 12.6. The van der Waals surface area contributed by atoms with Crippen molar-refractivity contribution in [1.82, 2.24) is 10.2 Å². The molecular formula is C15H12N4O4S2. The summed E-state index contributed by atoms with van der Waals surface area (Å²) in [7, 11) is -7.86. The van der Waals surface area contributed by atoms with Crippen molar-refractivity contribution in [3.05, 3.63) is 48.2 Å². The van der Waals surface area contributed by atoms with Gasteiger partial charge in [-0.25, -0.2) is 16.8 Å². The number of benzene rings is 2.